The van der Waals surface area contributed by atoms with Gasteiger partial charge in [-0.2, -0.15) is 8.78 Å². The molecule has 1 aliphatic carbocycles. The molecule has 0 bridgehead atoms. The number of anilines is 1. The van der Waals surface area contributed by atoms with E-state index in [0.717, 1.165) is 6.07 Å². The fourth-order valence-corrected chi connectivity index (χ4v) is 2.44. The second-order valence-electron chi connectivity index (χ2n) is 5.55. The number of imidazole rings is 1. The third kappa shape index (κ3) is 2.59. The van der Waals surface area contributed by atoms with Gasteiger partial charge in [0.15, 0.2) is 0 Å². The van der Waals surface area contributed by atoms with Gasteiger partial charge in [-0.1, -0.05) is 0 Å². The molecule has 0 aliphatic heterocycles. The fraction of sp³-hybridized carbons (Fsp3) is 0.333. The molecular weight excluding hydrogens is 311 g/mol. The standard InChI is InChI=1S/C15H14F3N3O2/c16-11-8-10(2-3-12(11)21-7-6-19-9-21)20-13(22)15(17,18)14(23)4-1-5-14/h2-3,6-9,23H,1,4-5H2,(H,20,22). The highest BCUT2D eigenvalue weighted by molar-refractivity contribution is 5.97. The molecule has 0 spiro atoms. The summed E-state index contributed by atoms with van der Waals surface area (Å²) >= 11 is 0. The Morgan fingerprint density at radius 3 is 2.65 bits per heavy atom. The van der Waals surface area contributed by atoms with E-state index in [1.807, 2.05) is 5.32 Å². The molecule has 1 aromatic heterocycles. The van der Waals surface area contributed by atoms with E-state index in [-0.39, 0.29) is 24.2 Å². The van der Waals surface area contributed by atoms with Crippen molar-refractivity contribution in [3.05, 3.63) is 42.7 Å². The first-order valence-electron chi connectivity index (χ1n) is 7.03. The van der Waals surface area contributed by atoms with E-state index in [0.29, 0.717) is 6.42 Å². The third-order valence-corrected chi connectivity index (χ3v) is 4.04. The van der Waals surface area contributed by atoms with Crippen molar-refractivity contribution in [1.82, 2.24) is 9.55 Å². The van der Waals surface area contributed by atoms with Gasteiger partial charge in [-0.15, -0.1) is 0 Å². The van der Waals surface area contributed by atoms with E-state index in [2.05, 4.69) is 4.98 Å². The smallest absolute Gasteiger partial charge is 0.352 e. The molecule has 5 nitrogen and oxygen atoms in total. The number of nitrogens with zero attached hydrogens (tertiary/aromatic N) is 2. The topological polar surface area (TPSA) is 67.2 Å². The Kier molecular flexibility index (Phi) is 3.63. The van der Waals surface area contributed by atoms with Crippen molar-refractivity contribution >= 4 is 11.6 Å². The number of amides is 1. The maximum Gasteiger partial charge on any atom is 0.352 e. The molecule has 1 aliphatic rings. The number of aliphatic hydroxyl groups is 1. The van der Waals surface area contributed by atoms with Crippen LogP contribution < -0.4 is 5.32 Å². The van der Waals surface area contributed by atoms with Gasteiger partial charge in [0.25, 0.3) is 5.91 Å². The molecule has 1 amide bonds. The van der Waals surface area contributed by atoms with Gasteiger partial charge in [-0.25, -0.2) is 9.37 Å². The summed E-state index contributed by atoms with van der Waals surface area (Å²) in [6.45, 7) is 0. The second-order valence-corrected chi connectivity index (χ2v) is 5.55. The average molecular weight is 325 g/mol. The monoisotopic (exact) mass is 325 g/mol. The summed E-state index contributed by atoms with van der Waals surface area (Å²) in [4.78, 5) is 15.5. The molecule has 0 unspecified atom stereocenters. The summed E-state index contributed by atoms with van der Waals surface area (Å²) in [6, 6.07) is 3.58. The molecule has 3 rings (SSSR count). The van der Waals surface area contributed by atoms with Crippen LogP contribution in [0.3, 0.4) is 0 Å². The lowest BCUT2D eigenvalue weighted by Gasteiger charge is -2.41. The molecule has 0 radical (unpaired) electrons. The van der Waals surface area contributed by atoms with E-state index < -0.39 is 23.2 Å². The van der Waals surface area contributed by atoms with Gasteiger partial charge in [0, 0.05) is 18.1 Å². The lowest BCUT2D eigenvalue weighted by atomic mass is 9.75. The molecule has 0 saturated heterocycles. The molecule has 2 aromatic rings. The number of rotatable bonds is 4. The van der Waals surface area contributed by atoms with Crippen molar-refractivity contribution in [3.63, 3.8) is 0 Å². The minimum Gasteiger partial charge on any atom is -0.383 e. The summed E-state index contributed by atoms with van der Waals surface area (Å²) in [5.41, 5.74) is -2.25. The first kappa shape index (κ1) is 15.5. The Labute approximate surface area is 129 Å². The van der Waals surface area contributed by atoms with E-state index in [4.69, 9.17) is 0 Å². The number of alkyl halides is 2. The van der Waals surface area contributed by atoms with Crippen LogP contribution in [0, 0.1) is 5.82 Å². The Balaban J connectivity index is 1.78. The Morgan fingerprint density at radius 1 is 1.39 bits per heavy atom. The molecule has 8 heteroatoms. The van der Waals surface area contributed by atoms with Crippen molar-refractivity contribution in [1.29, 1.82) is 0 Å². The van der Waals surface area contributed by atoms with Crippen molar-refractivity contribution in [2.45, 2.75) is 30.8 Å². The lowest BCUT2D eigenvalue weighted by molar-refractivity contribution is -0.212. The molecule has 1 aromatic carbocycles. The third-order valence-electron chi connectivity index (χ3n) is 4.04. The van der Waals surface area contributed by atoms with Crippen LogP contribution >= 0.6 is 0 Å². The maximum atomic E-state index is 14.0. The summed E-state index contributed by atoms with van der Waals surface area (Å²) in [5.74, 6) is -6.27. The minimum atomic E-state index is -3.93. The average Bonchev–Trinajstić information content (AvgIpc) is 2.98. The van der Waals surface area contributed by atoms with Crippen LogP contribution in [0.4, 0.5) is 18.9 Å². The number of benzene rings is 1. The lowest BCUT2D eigenvalue weighted by Crippen LogP contribution is -2.59. The maximum absolute atomic E-state index is 14.0. The van der Waals surface area contributed by atoms with Crippen molar-refractivity contribution < 1.29 is 23.1 Å². The number of aromatic nitrogens is 2. The summed E-state index contributed by atoms with van der Waals surface area (Å²) in [7, 11) is 0. The van der Waals surface area contributed by atoms with E-state index in [9.17, 15) is 23.1 Å². The first-order valence-corrected chi connectivity index (χ1v) is 7.03. The highest BCUT2D eigenvalue weighted by Crippen LogP contribution is 2.44. The largest absolute Gasteiger partial charge is 0.383 e. The number of hydrogen-bond acceptors (Lipinski definition) is 3. The zero-order chi connectivity index (χ0) is 16.7. The molecule has 23 heavy (non-hydrogen) atoms. The second kappa shape index (κ2) is 5.38. The number of carbonyl (C=O) groups is 1. The van der Waals surface area contributed by atoms with Crippen LogP contribution in [0.1, 0.15) is 19.3 Å². The van der Waals surface area contributed by atoms with E-state index >= 15 is 0 Å². The van der Waals surface area contributed by atoms with E-state index in [1.165, 1.54) is 35.4 Å². The predicted octanol–water partition coefficient (Wildman–Crippen LogP) is 2.50. The SMILES string of the molecule is O=C(Nc1ccc(-n2ccnc2)c(F)c1)C(F)(F)C1(O)CCC1. The molecular formula is C15H14F3N3O2. The predicted molar refractivity (Wildman–Crippen MR) is 75.9 cm³/mol. The van der Waals surface area contributed by atoms with Gasteiger partial charge in [0.05, 0.1) is 12.0 Å². The number of halogens is 3. The normalized spacial score (nSPS) is 16.7. The Morgan fingerprint density at radius 2 is 2.13 bits per heavy atom. The summed E-state index contributed by atoms with van der Waals surface area (Å²) < 4.78 is 43.4. The van der Waals surface area contributed by atoms with E-state index in [1.54, 1.807) is 0 Å². The number of carbonyl (C=O) groups excluding carboxylic acids is 1. The number of nitrogens with one attached hydrogen (secondary N) is 1. The van der Waals surface area contributed by atoms with Gasteiger partial charge < -0.3 is 15.0 Å². The van der Waals surface area contributed by atoms with Gasteiger partial charge in [-0.05, 0) is 37.5 Å². The zero-order valence-corrected chi connectivity index (χ0v) is 12.0. The van der Waals surface area contributed by atoms with Crippen molar-refractivity contribution in [3.8, 4) is 5.69 Å². The van der Waals surface area contributed by atoms with Crippen LogP contribution in [0.15, 0.2) is 36.9 Å². The van der Waals surface area contributed by atoms with Crippen LogP contribution in [0.25, 0.3) is 5.69 Å². The Hall–Kier alpha value is -2.35. The van der Waals surface area contributed by atoms with Gasteiger partial charge in [0.2, 0.25) is 0 Å². The van der Waals surface area contributed by atoms with Crippen LogP contribution in [0.5, 0.6) is 0 Å². The molecule has 0 atom stereocenters. The van der Waals surface area contributed by atoms with Crippen molar-refractivity contribution in [2.75, 3.05) is 5.32 Å². The summed E-state index contributed by atoms with van der Waals surface area (Å²) in [6.07, 6.45) is 4.54. The van der Waals surface area contributed by atoms with Crippen LogP contribution in [-0.2, 0) is 4.79 Å². The molecule has 1 saturated carbocycles. The molecule has 122 valence electrons. The van der Waals surface area contributed by atoms with Gasteiger partial charge in [0.1, 0.15) is 11.4 Å². The minimum absolute atomic E-state index is 0.112. The molecule has 2 N–H and O–H groups in total. The molecule has 1 fully saturated rings. The molecule has 1 heterocycles. The first-order chi connectivity index (χ1) is 10.8. The quantitative estimate of drug-likeness (QED) is 0.908. The van der Waals surface area contributed by atoms with Crippen molar-refractivity contribution in [2.24, 2.45) is 0 Å². The Bertz CT molecular complexity index is 728. The highest BCUT2D eigenvalue weighted by Gasteiger charge is 2.61. The van der Waals surface area contributed by atoms with Crippen LogP contribution in [0.2, 0.25) is 0 Å². The number of hydrogen-bond donors (Lipinski definition) is 2. The zero-order valence-electron chi connectivity index (χ0n) is 12.0. The van der Waals surface area contributed by atoms with Crippen LogP contribution in [-0.4, -0.2) is 32.1 Å². The van der Waals surface area contributed by atoms with Gasteiger partial charge in [-0.3, -0.25) is 4.79 Å². The van der Waals surface area contributed by atoms with Gasteiger partial charge >= 0.3 is 5.92 Å². The fourth-order valence-electron chi connectivity index (χ4n) is 2.44. The highest BCUT2D eigenvalue weighted by atomic mass is 19.3. The summed E-state index contributed by atoms with van der Waals surface area (Å²) in [5, 5.41) is 11.7.